The summed E-state index contributed by atoms with van der Waals surface area (Å²) in [6.07, 6.45) is -5.27. The summed E-state index contributed by atoms with van der Waals surface area (Å²) in [6, 6.07) is 4.56. The van der Waals surface area contributed by atoms with E-state index in [1.165, 1.54) is 57.4 Å². The minimum atomic E-state index is -5.27. The van der Waals surface area contributed by atoms with E-state index in [-0.39, 0.29) is 5.56 Å². The molecule has 0 unspecified atom stereocenters. The van der Waals surface area contributed by atoms with Crippen molar-refractivity contribution in [2.24, 2.45) is 5.92 Å². The van der Waals surface area contributed by atoms with Crippen LogP contribution in [0.15, 0.2) is 48.5 Å². The van der Waals surface area contributed by atoms with Crippen LogP contribution in [-0.4, -0.2) is 61.1 Å². The molecule has 15 heteroatoms. The van der Waals surface area contributed by atoms with Crippen LogP contribution in [0, 0.1) is 5.92 Å². The molecule has 2 rings (SSSR count). The summed E-state index contributed by atoms with van der Waals surface area (Å²) in [5.41, 5.74) is -1.71. The molecule has 0 aliphatic heterocycles. The van der Waals surface area contributed by atoms with Gasteiger partial charge in [-0.2, -0.15) is 22.0 Å². The number of hydrogen-bond acceptors (Lipinski definition) is 6. The number of methoxy groups -OCH3 is 1. The van der Waals surface area contributed by atoms with Gasteiger partial charge < -0.3 is 25.4 Å². The van der Waals surface area contributed by atoms with Crippen molar-refractivity contribution in [2.75, 3.05) is 13.7 Å². The number of rotatable bonds is 13. The van der Waals surface area contributed by atoms with E-state index in [1.807, 2.05) is 10.6 Å². The van der Waals surface area contributed by atoms with Gasteiger partial charge in [0.05, 0.1) is 30.4 Å². The smallest absolute Gasteiger partial charge is 0.452 e. The molecule has 0 bridgehead atoms. The fourth-order valence-corrected chi connectivity index (χ4v) is 4.15. The number of Topliss-reactive ketones (excluding diaryl/α,β-unsaturated/α-hetero) is 1. The summed E-state index contributed by atoms with van der Waals surface area (Å²) in [4.78, 5) is 51.8. The van der Waals surface area contributed by atoms with E-state index in [0.717, 1.165) is 12.1 Å². The molecular weight excluding hydrogens is 629 g/mol. The topological polar surface area (TPSA) is 123 Å². The number of alkyl halides is 5. The third kappa shape index (κ3) is 10.4. The fraction of sp³-hybridized carbons (Fsp3) is 0.467. The van der Waals surface area contributed by atoms with Gasteiger partial charge in [-0.05, 0) is 50.5 Å². The lowest BCUT2D eigenvalue weighted by molar-refractivity contribution is -0.175. The van der Waals surface area contributed by atoms with Crippen molar-refractivity contribution in [2.45, 2.75) is 70.4 Å². The molecule has 3 amide bonds. The third-order valence-corrected chi connectivity index (χ3v) is 6.66. The second kappa shape index (κ2) is 15.0. The first-order chi connectivity index (χ1) is 20.7. The van der Waals surface area contributed by atoms with E-state index in [2.05, 4.69) is 5.32 Å². The van der Waals surface area contributed by atoms with Crippen LogP contribution in [0.25, 0.3) is 0 Å². The molecule has 0 saturated carbocycles. The highest BCUT2D eigenvalue weighted by Crippen LogP contribution is 2.33. The van der Waals surface area contributed by atoms with Gasteiger partial charge in [-0.25, -0.2) is 0 Å². The van der Waals surface area contributed by atoms with Gasteiger partial charge in [0.15, 0.2) is 0 Å². The number of nitrogens with one attached hydrogen (secondary N) is 3. The van der Waals surface area contributed by atoms with Crippen molar-refractivity contribution < 1.29 is 50.6 Å². The van der Waals surface area contributed by atoms with Crippen LogP contribution in [0.4, 0.5) is 22.0 Å². The Morgan fingerprint density at radius 3 is 1.91 bits per heavy atom. The molecule has 0 aliphatic carbocycles. The summed E-state index contributed by atoms with van der Waals surface area (Å²) >= 11 is 5.87. The number of benzene rings is 2. The van der Waals surface area contributed by atoms with E-state index in [0.29, 0.717) is 5.75 Å². The van der Waals surface area contributed by atoms with Crippen molar-refractivity contribution >= 4 is 35.1 Å². The van der Waals surface area contributed by atoms with E-state index < -0.39 is 82.4 Å². The third-order valence-electron chi connectivity index (χ3n) is 6.33. The summed E-state index contributed by atoms with van der Waals surface area (Å²) < 4.78 is 80.8. The molecule has 0 heterocycles. The second-order valence-corrected chi connectivity index (χ2v) is 11.7. The van der Waals surface area contributed by atoms with Crippen LogP contribution in [-0.2, 0) is 29.8 Å². The molecule has 45 heavy (non-hydrogen) atoms. The molecular formula is C30H35ClF5N3O6. The number of ketones is 1. The maximum absolute atomic E-state index is 15.2. The van der Waals surface area contributed by atoms with E-state index in [4.69, 9.17) is 21.1 Å². The highest BCUT2D eigenvalue weighted by Gasteiger charge is 2.46. The van der Waals surface area contributed by atoms with E-state index >= 15 is 8.78 Å². The van der Waals surface area contributed by atoms with Gasteiger partial charge in [0, 0.05) is 5.56 Å². The first kappa shape index (κ1) is 37.4. The molecule has 248 valence electrons. The molecule has 0 aliphatic rings. The van der Waals surface area contributed by atoms with Gasteiger partial charge in [-0.1, -0.05) is 55.8 Å². The van der Waals surface area contributed by atoms with Crippen LogP contribution >= 0.6 is 11.6 Å². The number of hydrogen-bond donors (Lipinski definition) is 3. The van der Waals surface area contributed by atoms with Crippen LogP contribution < -0.4 is 20.7 Å². The average molecular weight is 664 g/mol. The first-order valence-electron chi connectivity index (χ1n) is 13.6. The quantitative estimate of drug-likeness (QED) is 0.263. The zero-order chi connectivity index (χ0) is 34.3. The van der Waals surface area contributed by atoms with E-state index in [9.17, 15) is 32.3 Å². The molecule has 2 aromatic carbocycles. The monoisotopic (exact) mass is 663 g/mol. The lowest BCUT2D eigenvalue weighted by Crippen LogP contribution is -2.57. The SMILES string of the molecule is COc1ccc([C@H](NC(=O)[C@H](COC(C)(C)C)NC(=O)C(F)(F)c2ccccc2Cl)C(=O)N[C@H](C(=O)C(F)(F)F)C(C)C)cc1. The van der Waals surface area contributed by atoms with Crippen molar-refractivity contribution in [3.8, 4) is 5.75 Å². The lowest BCUT2D eigenvalue weighted by Gasteiger charge is -2.29. The normalized spacial score (nSPS) is 14.2. The molecule has 0 fully saturated rings. The van der Waals surface area contributed by atoms with Gasteiger partial charge in [0.2, 0.25) is 11.8 Å². The Morgan fingerprint density at radius 1 is 0.844 bits per heavy atom. The zero-order valence-corrected chi connectivity index (χ0v) is 26.1. The molecule has 0 saturated heterocycles. The van der Waals surface area contributed by atoms with Crippen LogP contribution in [0.5, 0.6) is 5.75 Å². The van der Waals surface area contributed by atoms with Crippen molar-refractivity contribution in [1.29, 1.82) is 0 Å². The van der Waals surface area contributed by atoms with Crippen molar-refractivity contribution in [3.63, 3.8) is 0 Å². The Kier molecular flexibility index (Phi) is 12.5. The molecule has 2 aromatic rings. The Balaban J connectivity index is 2.47. The standard InChI is InChI=1S/C30H35ClF5N3O6/c1-16(2)22(24(40)30(34,35)36)38-26(42)23(17-11-13-18(44-6)14-12-17)39-25(41)21(15-45-28(3,4)5)37-27(43)29(32,33)19-9-7-8-10-20(19)31/h7-14,16,21-23H,15H2,1-6H3,(H,37,43)(H,38,42)(H,39,41)/t21-,22-,23-/m0/s1. The lowest BCUT2D eigenvalue weighted by atomic mass is 9.97. The Hall–Kier alpha value is -3.78. The van der Waals surface area contributed by atoms with Crippen molar-refractivity contribution in [1.82, 2.24) is 16.0 Å². The van der Waals surface area contributed by atoms with Gasteiger partial charge >= 0.3 is 12.1 Å². The maximum Gasteiger partial charge on any atom is 0.452 e. The number of amides is 3. The summed E-state index contributed by atoms with van der Waals surface area (Å²) in [7, 11) is 1.36. The zero-order valence-electron chi connectivity index (χ0n) is 25.4. The Labute approximate surface area is 262 Å². The molecule has 9 nitrogen and oxygen atoms in total. The van der Waals surface area contributed by atoms with Crippen LogP contribution in [0.3, 0.4) is 0 Å². The minimum absolute atomic E-state index is 0.0341. The Bertz CT molecular complexity index is 1360. The molecule has 3 atom stereocenters. The van der Waals surface area contributed by atoms with Gasteiger partial charge in [0.1, 0.15) is 17.8 Å². The first-order valence-corrected chi connectivity index (χ1v) is 14.0. The molecule has 0 aromatic heterocycles. The minimum Gasteiger partial charge on any atom is -0.497 e. The highest BCUT2D eigenvalue weighted by molar-refractivity contribution is 6.31. The number of carbonyl (C=O) groups excluding carboxylic acids is 4. The highest BCUT2D eigenvalue weighted by atomic mass is 35.5. The average Bonchev–Trinajstić information content (AvgIpc) is 2.95. The van der Waals surface area contributed by atoms with Gasteiger partial charge in [0.25, 0.3) is 11.7 Å². The largest absolute Gasteiger partial charge is 0.497 e. The summed E-state index contributed by atoms with van der Waals surface area (Å²) in [5, 5.41) is 5.84. The van der Waals surface area contributed by atoms with Crippen molar-refractivity contribution in [3.05, 3.63) is 64.7 Å². The van der Waals surface area contributed by atoms with Crippen LogP contribution in [0.1, 0.15) is 51.8 Å². The molecule has 0 radical (unpaired) electrons. The summed E-state index contributed by atoms with van der Waals surface area (Å²) in [5.74, 6) is -11.4. The van der Waals surface area contributed by atoms with Gasteiger partial charge in [-0.15, -0.1) is 0 Å². The maximum atomic E-state index is 15.2. The fourth-order valence-electron chi connectivity index (χ4n) is 3.89. The number of ether oxygens (including phenoxy) is 2. The predicted molar refractivity (Wildman–Crippen MR) is 155 cm³/mol. The number of carbonyl (C=O) groups is 4. The summed E-state index contributed by atoms with van der Waals surface area (Å²) in [6.45, 7) is 6.71. The predicted octanol–water partition coefficient (Wildman–Crippen LogP) is 4.87. The van der Waals surface area contributed by atoms with E-state index in [1.54, 1.807) is 20.8 Å². The Morgan fingerprint density at radius 2 is 1.42 bits per heavy atom. The number of halogens is 6. The van der Waals surface area contributed by atoms with Crippen LogP contribution in [0.2, 0.25) is 5.02 Å². The second-order valence-electron chi connectivity index (χ2n) is 11.3. The van der Waals surface area contributed by atoms with Gasteiger partial charge in [-0.3, -0.25) is 19.2 Å². The molecule has 0 spiro atoms. The molecule has 3 N–H and O–H groups in total.